The molecule has 0 aliphatic carbocycles. The van der Waals surface area contributed by atoms with E-state index in [9.17, 15) is 9.18 Å². The van der Waals surface area contributed by atoms with E-state index in [2.05, 4.69) is 0 Å². The Kier molecular flexibility index (Phi) is 7.85. The lowest BCUT2D eigenvalue weighted by atomic mass is 10.2. The number of rotatable bonds is 9. The smallest absolute Gasteiger partial charge is 0.229 e. The van der Waals surface area contributed by atoms with Gasteiger partial charge in [0.15, 0.2) is 5.13 Å². The number of hydrogen-bond donors (Lipinski definition) is 0. The summed E-state index contributed by atoms with van der Waals surface area (Å²) in [5.41, 5.74) is 1.67. The summed E-state index contributed by atoms with van der Waals surface area (Å²) in [6.45, 7) is 0.421. The standard InChI is InChI=1S/C25H22ClFN2O2S2/c1-31-21-14-13-20(26)24-23(21)28-25(33-24)29(16-17-6-3-2-4-7-17)22(30)8-5-15-32-19-11-9-18(27)10-12-19/h2-4,6-7,9-14H,5,8,15-16H2,1H3. The van der Waals surface area contributed by atoms with E-state index in [0.717, 1.165) is 20.9 Å². The van der Waals surface area contributed by atoms with E-state index < -0.39 is 0 Å². The van der Waals surface area contributed by atoms with Gasteiger partial charge in [-0.05, 0) is 54.1 Å². The number of hydrogen-bond acceptors (Lipinski definition) is 5. The summed E-state index contributed by atoms with van der Waals surface area (Å²) >= 11 is 9.40. The molecular weight excluding hydrogens is 479 g/mol. The maximum atomic E-state index is 13.3. The van der Waals surface area contributed by atoms with Crippen LogP contribution >= 0.6 is 34.7 Å². The number of aromatic nitrogens is 1. The Morgan fingerprint density at radius 3 is 2.61 bits per heavy atom. The predicted octanol–water partition coefficient (Wildman–Crippen LogP) is 7.20. The third-order valence-corrected chi connectivity index (χ3v) is 7.64. The molecule has 33 heavy (non-hydrogen) atoms. The molecule has 170 valence electrons. The van der Waals surface area contributed by atoms with Crippen LogP contribution in [-0.4, -0.2) is 23.8 Å². The van der Waals surface area contributed by atoms with Crippen molar-refractivity contribution in [2.24, 2.45) is 0 Å². The Bertz CT molecular complexity index is 1230. The first-order valence-corrected chi connectivity index (χ1v) is 12.6. The number of ether oxygens (including phenoxy) is 1. The van der Waals surface area contributed by atoms with Gasteiger partial charge in [0.05, 0.1) is 23.4 Å². The van der Waals surface area contributed by atoms with Crippen LogP contribution in [0.15, 0.2) is 71.6 Å². The zero-order valence-corrected chi connectivity index (χ0v) is 20.4. The molecule has 1 aromatic heterocycles. The van der Waals surface area contributed by atoms with Crippen molar-refractivity contribution in [1.82, 2.24) is 4.98 Å². The molecule has 8 heteroatoms. The van der Waals surface area contributed by atoms with Crippen molar-refractivity contribution < 1.29 is 13.9 Å². The van der Waals surface area contributed by atoms with Gasteiger partial charge in [-0.2, -0.15) is 0 Å². The largest absolute Gasteiger partial charge is 0.494 e. The minimum absolute atomic E-state index is 0.00676. The number of methoxy groups -OCH3 is 1. The van der Waals surface area contributed by atoms with E-state index in [-0.39, 0.29) is 11.7 Å². The summed E-state index contributed by atoms with van der Waals surface area (Å²) in [5, 5.41) is 1.17. The summed E-state index contributed by atoms with van der Waals surface area (Å²) in [5.74, 6) is 1.13. The lowest BCUT2D eigenvalue weighted by Gasteiger charge is -2.20. The van der Waals surface area contributed by atoms with Gasteiger partial charge < -0.3 is 4.74 Å². The first-order chi connectivity index (χ1) is 16.0. The molecule has 0 aliphatic rings. The number of thioether (sulfide) groups is 1. The highest BCUT2D eigenvalue weighted by Crippen LogP contribution is 2.39. The first-order valence-electron chi connectivity index (χ1n) is 10.4. The van der Waals surface area contributed by atoms with Crippen molar-refractivity contribution >= 4 is 56.0 Å². The molecule has 3 aromatic carbocycles. The number of carbonyl (C=O) groups excluding carboxylic acids is 1. The molecular formula is C25H22ClFN2O2S2. The maximum Gasteiger partial charge on any atom is 0.229 e. The molecule has 0 fully saturated rings. The third-order valence-electron chi connectivity index (χ3n) is 5.00. The van der Waals surface area contributed by atoms with E-state index >= 15 is 0 Å². The van der Waals surface area contributed by atoms with Gasteiger partial charge in [0, 0.05) is 11.3 Å². The lowest BCUT2D eigenvalue weighted by Crippen LogP contribution is -2.30. The Labute approximate surface area is 205 Å². The highest BCUT2D eigenvalue weighted by Gasteiger charge is 2.22. The van der Waals surface area contributed by atoms with Crippen molar-refractivity contribution in [1.29, 1.82) is 0 Å². The summed E-state index contributed by atoms with van der Waals surface area (Å²) in [6, 6.07) is 19.8. The van der Waals surface area contributed by atoms with Gasteiger partial charge in [-0.15, -0.1) is 11.8 Å². The molecule has 0 saturated carbocycles. The lowest BCUT2D eigenvalue weighted by molar-refractivity contribution is -0.118. The highest BCUT2D eigenvalue weighted by atomic mass is 35.5. The highest BCUT2D eigenvalue weighted by molar-refractivity contribution is 7.99. The van der Waals surface area contributed by atoms with Crippen molar-refractivity contribution in [2.45, 2.75) is 24.3 Å². The van der Waals surface area contributed by atoms with Gasteiger partial charge in [-0.25, -0.2) is 9.37 Å². The molecule has 0 bridgehead atoms. The van der Waals surface area contributed by atoms with Gasteiger partial charge in [0.25, 0.3) is 0 Å². The Morgan fingerprint density at radius 2 is 1.88 bits per heavy atom. The number of halogens is 2. The summed E-state index contributed by atoms with van der Waals surface area (Å²) in [4.78, 5) is 20.7. The SMILES string of the molecule is COc1ccc(Cl)c2sc(N(Cc3ccccc3)C(=O)CCCSc3ccc(F)cc3)nc12. The second-order valence-corrected chi connectivity index (χ2v) is 9.85. The van der Waals surface area contributed by atoms with Gasteiger partial charge in [-0.3, -0.25) is 9.69 Å². The molecule has 0 radical (unpaired) electrons. The van der Waals surface area contributed by atoms with Gasteiger partial charge in [-0.1, -0.05) is 53.3 Å². The number of benzene rings is 3. The van der Waals surface area contributed by atoms with Crippen molar-refractivity contribution in [3.63, 3.8) is 0 Å². The summed E-state index contributed by atoms with van der Waals surface area (Å²) in [7, 11) is 1.59. The molecule has 4 nitrogen and oxygen atoms in total. The third kappa shape index (κ3) is 5.85. The zero-order valence-electron chi connectivity index (χ0n) is 18.0. The molecule has 0 unspecified atom stereocenters. The van der Waals surface area contributed by atoms with E-state index in [1.807, 2.05) is 30.3 Å². The number of nitrogens with zero attached hydrogens (tertiary/aromatic N) is 2. The second-order valence-electron chi connectivity index (χ2n) is 7.30. The number of carbonyl (C=O) groups is 1. The topological polar surface area (TPSA) is 42.4 Å². The normalized spacial score (nSPS) is 11.0. The van der Waals surface area contributed by atoms with E-state index in [0.29, 0.717) is 40.8 Å². The number of anilines is 1. The predicted molar refractivity (Wildman–Crippen MR) is 135 cm³/mol. The maximum absolute atomic E-state index is 13.3. The van der Waals surface area contributed by atoms with Crippen LogP contribution in [0.25, 0.3) is 10.2 Å². The fourth-order valence-corrected chi connectivity index (χ4v) is 5.45. The molecule has 0 saturated heterocycles. The van der Waals surface area contributed by atoms with Crippen LogP contribution in [0.3, 0.4) is 0 Å². The first kappa shape index (κ1) is 23.5. The monoisotopic (exact) mass is 500 g/mol. The summed E-state index contributed by atoms with van der Waals surface area (Å²) < 4.78 is 19.3. The molecule has 4 aromatic rings. The van der Waals surface area contributed by atoms with E-state index in [1.165, 1.54) is 23.5 Å². The van der Waals surface area contributed by atoms with Gasteiger partial charge >= 0.3 is 0 Å². The Morgan fingerprint density at radius 1 is 1.12 bits per heavy atom. The van der Waals surface area contributed by atoms with E-state index in [4.69, 9.17) is 21.3 Å². The van der Waals surface area contributed by atoms with Crippen LogP contribution < -0.4 is 9.64 Å². The van der Waals surface area contributed by atoms with Crippen LogP contribution in [0, 0.1) is 5.82 Å². The van der Waals surface area contributed by atoms with Gasteiger partial charge in [0.1, 0.15) is 17.1 Å². The van der Waals surface area contributed by atoms with Crippen molar-refractivity contribution in [2.75, 3.05) is 17.8 Å². The zero-order chi connectivity index (χ0) is 23.2. The van der Waals surface area contributed by atoms with Crippen LogP contribution in [0.2, 0.25) is 5.02 Å². The van der Waals surface area contributed by atoms with Crippen LogP contribution in [0.4, 0.5) is 9.52 Å². The quantitative estimate of drug-likeness (QED) is 0.180. The number of amides is 1. The minimum Gasteiger partial charge on any atom is -0.494 e. The average Bonchev–Trinajstić information content (AvgIpc) is 3.28. The molecule has 0 spiro atoms. The summed E-state index contributed by atoms with van der Waals surface area (Å²) in [6.07, 6.45) is 1.07. The molecule has 1 heterocycles. The molecule has 4 rings (SSSR count). The van der Waals surface area contributed by atoms with E-state index in [1.54, 1.807) is 48.0 Å². The average molecular weight is 501 g/mol. The molecule has 0 N–H and O–H groups in total. The van der Waals surface area contributed by atoms with Gasteiger partial charge in [0.2, 0.25) is 5.91 Å². The van der Waals surface area contributed by atoms with Crippen LogP contribution in [0.1, 0.15) is 18.4 Å². The number of fused-ring (bicyclic) bond motifs is 1. The second kappa shape index (κ2) is 11.0. The number of thiazole rings is 1. The van der Waals surface area contributed by atoms with Crippen molar-refractivity contribution in [3.05, 3.63) is 83.1 Å². The molecule has 0 atom stereocenters. The van der Waals surface area contributed by atoms with Crippen molar-refractivity contribution in [3.8, 4) is 5.75 Å². The van der Waals surface area contributed by atoms with Crippen LogP contribution in [-0.2, 0) is 11.3 Å². The fraction of sp³-hybridized carbons (Fsp3) is 0.200. The minimum atomic E-state index is -0.251. The molecule has 0 aliphatic heterocycles. The Hall–Kier alpha value is -2.61. The Balaban J connectivity index is 1.52. The molecule has 1 amide bonds. The van der Waals surface area contributed by atoms with Crippen LogP contribution in [0.5, 0.6) is 5.75 Å². The fourth-order valence-electron chi connectivity index (χ4n) is 3.33.